The van der Waals surface area contributed by atoms with Gasteiger partial charge in [0.2, 0.25) is 5.91 Å². The van der Waals surface area contributed by atoms with Crippen molar-refractivity contribution in [3.63, 3.8) is 0 Å². The maximum absolute atomic E-state index is 10.6. The van der Waals surface area contributed by atoms with Gasteiger partial charge in [-0.3, -0.25) is 4.79 Å². The maximum Gasteiger partial charge on any atom is 0.217 e. The van der Waals surface area contributed by atoms with Crippen LogP contribution in [0.3, 0.4) is 0 Å². The molecule has 0 rings (SSSR count). The Bertz CT molecular complexity index is 138. The smallest absolute Gasteiger partial charge is 0.217 e. The number of nitrogens with one attached hydrogen (secondary N) is 1. The van der Waals surface area contributed by atoms with Crippen molar-refractivity contribution in [1.29, 1.82) is 0 Å². The predicted octanol–water partition coefficient (Wildman–Crippen LogP) is -0.0916. The molecule has 0 bridgehead atoms. The summed E-state index contributed by atoms with van der Waals surface area (Å²) in [7, 11) is 0. The summed E-state index contributed by atoms with van der Waals surface area (Å²) >= 11 is 0. The molecule has 0 saturated heterocycles. The molecule has 0 heterocycles. The molecular weight excluding hydrogens is 158 g/mol. The van der Waals surface area contributed by atoms with E-state index in [4.69, 9.17) is 9.84 Å². The van der Waals surface area contributed by atoms with Crippen LogP contribution in [0.4, 0.5) is 0 Å². The van der Waals surface area contributed by atoms with Gasteiger partial charge in [0.1, 0.15) is 0 Å². The van der Waals surface area contributed by atoms with Gasteiger partial charge in [0.25, 0.3) is 0 Å². The van der Waals surface area contributed by atoms with E-state index in [2.05, 4.69) is 5.32 Å². The average molecular weight is 175 g/mol. The van der Waals surface area contributed by atoms with E-state index in [0.717, 1.165) is 0 Å². The van der Waals surface area contributed by atoms with E-state index in [1.165, 1.54) is 6.92 Å². The first-order valence-electron chi connectivity index (χ1n) is 4.07. The van der Waals surface area contributed by atoms with Crippen LogP contribution in [-0.4, -0.2) is 36.4 Å². The molecule has 0 aromatic carbocycles. The summed E-state index contributed by atoms with van der Waals surface area (Å²) in [6, 6.07) is -0.0194. The number of rotatable bonds is 5. The van der Waals surface area contributed by atoms with E-state index in [1.807, 2.05) is 13.8 Å². The normalized spacial score (nSPS) is 15.3. The third-order valence-electron chi connectivity index (χ3n) is 1.61. The van der Waals surface area contributed by atoms with Crippen molar-refractivity contribution >= 4 is 5.91 Å². The second-order valence-corrected chi connectivity index (χ2v) is 2.79. The molecule has 0 saturated carbocycles. The van der Waals surface area contributed by atoms with Gasteiger partial charge in [-0.2, -0.15) is 0 Å². The number of carbonyl (C=O) groups excluding carboxylic acids is 1. The van der Waals surface area contributed by atoms with Crippen molar-refractivity contribution in [2.45, 2.75) is 32.9 Å². The highest BCUT2D eigenvalue weighted by Gasteiger charge is 2.12. The number of ether oxygens (including phenoxy) is 1. The summed E-state index contributed by atoms with van der Waals surface area (Å²) in [4.78, 5) is 10.6. The minimum Gasteiger partial charge on any atom is -0.394 e. The Morgan fingerprint density at radius 2 is 2.17 bits per heavy atom. The predicted molar refractivity (Wildman–Crippen MR) is 45.8 cm³/mol. The van der Waals surface area contributed by atoms with Crippen LogP contribution in [0.5, 0.6) is 0 Å². The van der Waals surface area contributed by atoms with Crippen LogP contribution in [-0.2, 0) is 9.53 Å². The first-order chi connectivity index (χ1) is 5.57. The third kappa shape index (κ3) is 5.09. The van der Waals surface area contributed by atoms with Crippen molar-refractivity contribution in [1.82, 2.24) is 5.32 Å². The van der Waals surface area contributed by atoms with Gasteiger partial charge in [0, 0.05) is 6.92 Å². The Morgan fingerprint density at radius 1 is 1.58 bits per heavy atom. The van der Waals surface area contributed by atoms with Crippen molar-refractivity contribution in [2.24, 2.45) is 0 Å². The summed E-state index contributed by atoms with van der Waals surface area (Å²) in [6.07, 6.45) is -0.0685. The van der Waals surface area contributed by atoms with Gasteiger partial charge in [-0.05, 0) is 13.8 Å². The molecule has 0 aromatic rings. The molecule has 4 nitrogen and oxygen atoms in total. The molecule has 4 heteroatoms. The molecule has 0 aromatic heterocycles. The average Bonchev–Trinajstić information content (AvgIpc) is 1.98. The summed E-state index contributed by atoms with van der Waals surface area (Å²) in [6.45, 7) is 5.51. The lowest BCUT2D eigenvalue weighted by atomic mass is 10.2. The highest BCUT2D eigenvalue weighted by atomic mass is 16.5. The molecule has 0 spiro atoms. The summed E-state index contributed by atoms with van der Waals surface area (Å²) in [5.74, 6) is -0.0676. The number of aliphatic hydroxyl groups is 1. The Balaban J connectivity index is 3.60. The zero-order valence-corrected chi connectivity index (χ0v) is 7.83. The lowest BCUT2D eigenvalue weighted by molar-refractivity contribution is -0.120. The van der Waals surface area contributed by atoms with Gasteiger partial charge < -0.3 is 15.2 Å². The largest absolute Gasteiger partial charge is 0.394 e. The highest BCUT2D eigenvalue weighted by Crippen LogP contribution is 1.97. The van der Waals surface area contributed by atoms with E-state index < -0.39 is 0 Å². The molecule has 0 aliphatic heterocycles. The number of hydrogen-bond donors (Lipinski definition) is 2. The standard InChI is InChI=1S/C8H17NO3/c1-6(9-8(3)11)7(2)12-5-4-10/h6-7,10H,4-5H2,1-3H3,(H,9,11). The molecule has 12 heavy (non-hydrogen) atoms. The van der Waals surface area contributed by atoms with Crippen molar-refractivity contribution in [2.75, 3.05) is 13.2 Å². The van der Waals surface area contributed by atoms with Gasteiger partial charge in [0.15, 0.2) is 0 Å². The lowest BCUT2D eigenvalue weighted by Crippen LogP contribution is -2.40. The topological polar surface area (TPSA) is 58.6 Å². The lowest BCUT2D eigenvalue weighted by Gasteiger charge is -2.20. The van der Waals surface area contributed by atoms with Crippen molar-refractivity contribution < 1.29 is 14.6 Å². The monoisotopic (exact) mass is 175 g/mol. The highest BCUT2D eigenvalue weighted by molar-refractivity contribution is 5.73. The van der Waals surface area contributed by atoms with Gasteiger partial charge >= 0.3 is 0 Å². The third-order valence-corrected chi connectivity index (χ3v) is 1.61. The minimum atomic E-state index is -0.0685. The van der Waals surface area contributed by atoms with Crippen LogP contribution in [0, 0.1) is 0 Å². The fourth-order valence-corrected chi connectivity index (χ4v) is 0.821. The summed E-state index contributed by atoms with van der Waals surface area (Å²) < 4.78 is 5.19. The molecule has 0 aliphatic rings. The van der Waals surface area contributed by atoms with E-state index in [9.17, 15) is 4.79 Å². The maximum atomic E-state index is 10.6. The van der Waals surface area contributed by atoms with Crippen LogP contribution < -0.4 is 5.32 Å². The quantitative estimate of drug-likeness (QED) is 0.614. The summed E-state index contributed by atoms with van der Waals surface area (Å²) in [5, 5.41) is 11.2. The molecule has 0 aliphatic carbocycles. The Labute approximate surface area is 72.9 Å². The minimum absolute atomic E-state index is 0.0110. The van der Waals surface area contributed by atoms with Gasteiger partial charge in [-0.1, -0.05) is 0 Å². The molecule has 0 radical (unpaired) electrons. The van der Waals surface area contributed by atoms with E-state index in [0.29, 0.717) is 6.61 Å². The molecule has 1 amide bonds. The van der Waals surface area contributed by atoms with E-state index in [1.54, 1.807) is 0 Å². The van der Waals surface area contributed by atoms with Crippen LogP contribution in [0.15, 0.2) is 0 Å². The number of carbonyl (C=O) groups is 1. The van der Waals surface area contributed by atoms with Crippen molar-refractivity contribution in [3.05, 3.63) is 0 Å². The molecule has 72 valence electrons. The fourth-order valence-electron chi connectivity index (χ4n) is 0.821. The van der Waals surface area contributed by atoms with Crippen LogP contribution in [0.1, 0.15) is 20.8 Å². The number of amides is 1. The van der Waals surface area contributed by atoms with Gasteiger partial charge in [0.05, 0.1) is 25.4 Å². The fraction of sp³-hybridized carbons (Fsp3) is 0.875. The second kappa shape index (κ2) is 5.97. The van der Waals surface area contributed by atoms with E-state index in [-0.39, 0.29) is 24.7 Å². The SMILES string of the molecule is CC(=O)NC(C)C(C)OCCO. The van der Waals surface area contributed by atoms with Gasteiger partial charge in [-0.15, -0.1) is 0 Å². The zero-order valence-electron chi connectivity index (χ0n) is 7.83. The summed E-state index contributed by atoms with van der Waals surface area (Å²) in [5.41, 5.74) is 0. The number of aliphatic hydroxyl groups excluding tert-OH is 1. The van der Waals surface area contributed by atoms with Gasteiger partial charge in [-0.25, -0.2) is 0 Å². The first-order valence-corrected chi connectivity index (χ1v) is 4.07. The molecule has 0 fully saturated rings. The van der Waals surface area contributed by atoms with Crippen LogP contribution >= 0.6 is 0 Å². The van der Waals surface area contributed by atoms with Crippen molar-refractivity contribution in [3.8, 4) is 0 Å². The Hall–Kier alpha value is -0.610. The molecule has 2 N–H and O–H groups in total. The van der Waals surface area contributed by atoms with Crippen LogP contribution in [0.25, 0.3) is 0 Å². The molecule has 2 atom stereocenters. The Kier molecular flexibility index (Phi) is 5.66. The van der Waals surface area contributed by atoms with Crippen LogP contribution in [0.2, 0.25) is 0 Å². The molecular formula is C8H17NO3. The second-order valence-electron chi connectivity index (χ2n) is 2.79. The molecule has 2 unspecified atom stereocenters. The first kappa shape index (κ1) is 11.4. The number of hydrogen-bond acceptors (Lipinski definition) is 3. The zero-order chi connectivity index (χ0) is 9.56. The Morgan fingerprint density at radius 3 is 2.58 bits per heavy atom. The van der Waals surface area contributed by atoms with E-state index >= 15 is 0 Å².